The molecule has 0 amide bonds. The van der Waals surface area contributed by atoms with Gasteiger partial charge in [-0.15, -0.1) is 0 Å². The Balaban J connectivity index is 2.27. The van der Waals surface area contributed by atoms with E-state index in [1.165, 1.54) is 0 Å². The summed E-state index contributed by atoms with van der Waals surface area (Å²) in [5, 5.41) is 5.26. The maximum Gasteiger partial charge on any atom is 0.170 e. The van der Waals surface area contributed by atoms with Gasteiger partial charge in [0.25, 0.3) is 0 Å². The van der Waals surface area contributed by atoms with Gasteiger partial charge in [0.2, 0.25) is 0 Å². The topological polar surface area (TPSA) is 41.1 Å². The van der Waals surface area contributed by atoms with Gasteiger partial charge in [-0.3, -0.25) is 4.79 Å². The van der Waals surface area contributed by atoms with Crippen molar-refractivity contribution in [3.63, 3.8) is 0 Å². The molecule has 0 spiro atoms. The van der Waals surface area contributed by atoms with E-state index in [4.69, 9.17) is 12.2 Å². The predicted octanol–water partition coefficient (Wildman–Crippen LogP) is 4.18. The Morgan fingerprint density at radius 2 is 1.74 bits per heavy atom. The number of carbonyl (C=O) groups is 1. The van der Waals surface area contributed by atoms with E-state index in [0.717, 1.165) is 19.3 Å². The molecule has 0 aromatic heterocycles. The number of hydrogen-bond donors (Lipinski definition) is 2. The van der Waals surface area contributed by atoms with E-state index < -0.39 is 23.1 Å². The largest absolute Gasteiger partial charge is 0.362 e. The normalized spacial score (nSPS) is 10.7. The quantitative estimate of drug-likeness (QED) is 0.547. The molecule has 0 saturated heterocycles. The fraction of sp³-hybridized carbons (Fsp3) is 0.500. The van der Waals surface area contributed by atoms with Crippen molar-refractivity contribution in [2.75, 3.05) is 11.9 Å². The lowest BCUT2D eigenvalue weighted by Crippen LogP contribution is -2.30. The van der Waals surface area contributed by atoms with Gasteiger partial charge in [-0.2, -0.15) is 0 Å². The third kappa shape index (κ3) is 6.99. The van der Waals surface area contributed by atoms with E-state index in [0.29, 0.717) is 25.1 Å². The summed E-state index contributed by atoms with van der Waals surface area (Å²) in [5.41, 5.74) is -0.480. The molecule has 3 nitrogen and oxygen atoms in total. The first-order valence-corrected chi connectivity index (χ1v) is 7.94. The Bertz CT molecular complexity index is 541. The van der Waals surface area contributed by atoms with Crippen LogP contribution in [0.2, 0.25) is 0 Å². The van der Waals surface area contributed by atoms with E-state index in [-0.39, 0.29) is 16.8 Å². The Morgan fingerprint density at radius 3 is 2.30 bits per heavy atom. The summed E-state index contributed by atoms with van der Waals surface area (Å²) in [7, 11) is 0. The highest BCUT2D eigenvalue weighted by molar-refractivity contribution is 7.80. The summed E-state index contributed by atoms with van der Waals surface area (Å²) in [5.74, 6) is -2.76. The third-order valence-corrected chi connectivity index (χ3v) is 3.52. The van der Waals surface area contributed by atoms with Crippen LogP contribution in [0.25, 0.3) is 0 Å². The van der Waals surface area contributed by atoms with Gasteiger partial charge in [0.15, 0.2) is 16.7 Å². The molecule has 0 saturated carbocycles. The molecule has 1 aromatic rings. The summed E-state index contributed by atoms with van der Waals surface area (Å²) in [4.78, 5) is 11.4. The van der Waals surface area contributed by atoms with Crippen LogP contribution < -0.4 is 10.6 Å². The van der Waals surface area contributed by atoms with Crippen LogP contribution in [0, 0.1) is 23.4 Å². The molecule has 0 unspecified atom stereocenters. The molecule has 0 aliphatic carbocycles. The smallest absolute Gasteiger partial charge is 0.170 e. The van der Waals surface area contributed by atoms with Crippen LogP contribution in [-0.2, 0) is 4.79 Å². The summed E-state index contributed by atoms with van der Waals surface area (Å²) in [6, 6.07) is 1.17. The van der Waals surface area contributed by atoms with Gasteiger partial charge in [-0.05, 0) is 25.1 Å². The fourth-order valence-electron chi connectivity index (χ4n) is 1.91. The monoisotopic (exact) mass is 346 g/mol. The van der Waals surface area contributed by atoms with Gasteiger partial charge in [-0.1, -0.05) is 20.3 Å². The zero-order valence-corrected chi connectivity index (χ0v) is 14.0. The van der Waals surface area contributed by atoms with Crippen molar-refractivity contribution < 1.29 is 18.0 Å². The highest BCUT2D eigenvalue weighted by Gasteiger charge is 2.12. The summed E-state index contributed by atoms with van der Waals surface area (Å²) in [6.45, 7) is 4.27. The maximum absolute atomic E-state index is 13.4. The second-order valence-corrected chi connectivity index (χ2v) is 5.97. The minimum Gasteiger partial charge on any atom is -0.362 e. The average Bonchev–Trinajstić information content (AvgIpc) is 2.46. The van der Waals surface area contributed by atoms with Crippen molar-refractivity contribution in [1.82, 2.24) is 5.32 Å². The molecule has 128 valence electrons. The van der Waals surface area contributed by atoms with Gasteiger partial charge in [0.1, 0.15) is 17.3 Å². The number of rotatable bonds is 8. The van der Waals surface area contributed by atoms with Gasteiger partial charge in [0.05, 0.1) is 0 Å². The maximum atomic E-state index is 13.4. The van der Waals surface area contributed by atoms with Gasteiger partial charge in [0, 0.05) is 31.0 Å². The molecule has 1 aromatic carbocycles. The van der Waals surface area contributed by atoms with Crippen LogP contribution in [0.3, 0.4) is 0 Å². The van der Waals surface area contributed by atoms with Gasteiger partial charge >= 0.3 is 0 Å². The lowest BCUT2D eigenvalue weighted by Gasteiger charge is -2.12. The van der Waals surface area contributed by atoms with Crippen molar-refractivity contribution in [2.45, 2.75) is 39.5 Å². The van der Waals surface area contributed by atoms with Crippen LogP contribution in [0.5, 0.6) is 0 Å². The summed E-state index contributed by atoms with van der Waals surface area (Å²) < 4.78 is 39.7. The minimum absolute atomic E-state index is 0.0606. The number of ketones is 1. The van der Waals surface area contributed by atoms with Crippen LogP contribution in [-0.4, -0.2) is 17.4 Å². The lowest BCUT2D eigenvalue weighted by atomic mass is 10.0. The first-order chi connectivity index (χ1) is 10.8. The molecule has 0 atom stereocenters. The van der Waals surface area contributed by atoms with Crippen molar-refractivity contribution in [1.29, 1.82) is 0 Å². The van der Waals surface area contributed by atoms with Gasteiger partial charge < -0.3 is 10.6 Å². The standard InChI is InChI=1S/C16H21F3N2OS/c1-10(2)14(22)6-4-3-5-7-20-16(23)21-15-12(18)8-11(17)9-13(15)19/h8-10H,3-7H2,1-2H3,(H2,20,21,23). The first-order valence-electron chi connectivity index (χ1n) is 7.53. The van der Waals surface area contributed by atoms with E-state index in [9.17, 15) is 18.0 Å². The average molecular weight is 346 g/mol. The predicted molar refractivity (Wildman–Crippen MR) is 88.9 cm³/mol. The third-order valence-electron chi connectivity index (χ3n) is 3.27. The van der Waals surface area contributed by atoms with Crippen LogP contribution in [0.1, 0.15) is 39.5 Å². The van der Waals surface area contributed by atoms with Crippen LogP contribution in [0.4, 0.5) is 18.9 Å². The molecule has 0 aliphatic rings. The van der Waals surface area contributed by atoms with E-state index in [1.54, 1.807) is 0 Å². The summed E-state index contributed by atoms with van der Waals surface area (Å²) in [6.07, 6.45) is 3.00. The van der Waals surface area contributed by atoms with Gasteiger partial charge in [-0.25, -0.2) is 13.2 Å². The van der Waals surface area contributed by atoms with E-state index in [1.807, 2.05) is 13.8 Å². The molecule has 2 N–H and O–H groups in total. The number of benzene rings is 1. The molecule has 0 fully saturated rings. The number of carbonyl (C=O) groups excluding carboxylic acids is 1. The highest BCUT2D eigenvalue weighted by Crippen LogP contribution is 2.19. The Hall–Kier alpha value is -1.63. The van der Waals surface area contributed by atoms with Crippen molar-refractivity contribution >= 4 is 28.8 Å². The number of halogens is 3. The molecule has 0 bridgehead atoms. The van der Waals surface area contributed by atoms with E-state index in [2.05, 4.69) is 10.6 Å². The number of hydrogen-bond acceptors (Lipinski definition) is 2. The Labute approximate surface area is 139 Å². The molecule has 1 rings (SSSR count). The lowest BCUT2D eigenvalue weighted by molar-refractivity contribution is -0.122. The zero-order chi connectivity index (χ0) is 17.4. The number of anilines is 1. The molecule has 0 radical (unpaired) electrons. The molecule has 23 heavy (non-hydrogen) atoms. The number of Topliss-reactive ketones (excluding diaryl/α,β-unsaturated/α-hetero) is 1. The minimum atomic E-state index is -1.04. The van der Waals surface area contributed by atoms with Crippen LogP contribution in [0.15, 0.2) is 12.1 Å². The fourth-order valence-corrected chi connectivity index (χ4v) is 2.12. The Morgan fingerprint density at radius 1 is 1.13 bits per heavy atom. The first kappa shape index (κ1) is 19.4. The molecule has 0 aliphatic heterocycles. The molecular formula is C16H21F3N2OS. The molecule has 7 heteroatoms. The van der Waals surface area contributed by atoms with Crippen LogP contribution >= 0.6 is 12.2 Å². The zero-order valence-electron chi connectivity index (χ0n) is 13.2. The number of nitrogens with one attached hydrogen (secondary N) is 2. The SMILES string of the molecule is CC(C)C(=O)CCCCCNC(=S)Nc1c(F)cc(F)cc1F. The van der Waals surface area contributed by atoms with Crippen molar-refractivity contribution in [3.8, 4) is 0 Å². The summed E-state index contributed by atoms with van der Waals surface area (Å²) >= 11 is 4.94. The second-order valence-electron chi connectivity index (χ2n) is 5.56. The second kappa shape index (κ2) is 9.50. The molecular weight excluding hydrogens is 325 g/mol. The van der Waals surface area contributed by atoms with Crippen molar-refractivity contribution in [2.24, 2.45) is 5.92 Å². The van der Waals surface area contributed by atoms with E-state index >= 15 is 0 Å². The highest BCUT2D eigenvalue weighted by atomic mass is 32.1. The Kier molecular flexibility index (Phi) is 8.02. The molecule has 0 heterocycles. The van der Waals surface area contributed by atoms with Crippen molar-refractivity contribution in [3.05, 3.63) is 29.6 Å². The number of thiocarbonyl (C=S) groups is 1. The number of unbranched alkanes of at least 4 members (excludes halogenated alkanes) is 2.